The fraction of sp³-hybridized carbons (Fsp3) is 0.231. The lowest BCUT2D eigenvalue weighted by Gasteiger charge is -2.13. The molecule has 0 fully saturated rings. The van der Waals surface area contributed by atoms with Gasteiger partial charge in [-0.3, -0.25) is 0 Å². The number of rotatable bonds is 3. The summed E-state index contributed by atoms with van der Waals surface area (Å²) in [6.45, 7) is 3.71. The monoisotopic (exact) mass is 281 g/mol. The van der Waals surface area contributed by atoms with E-state index in [2.05, 4.69) is 5.16 Å². The number of hydrogen-bond donors (Lipinski definition) is 1. The van der Waals surface area contributed by atoms with Crippen molar-refractivity contribution < 1.29 is 19.2 Å². The van der Waals surface area contributed by atoms with Crippen LogP contribution in [0.15, 0.2) is 16.7 Å². The third kappa shape index (κ3) is 2.29. The number of nitrogens with zero attached hydrogens (tertiary/aromatic N) is 1. The standard InChI is InChI=1S/C13H12ClNO4/c1-6-4-8(14)11(7(2)12(6)18-3)10-5-9(13(16)17)15-19-10/h4-5H,1-3H3,(H,16,17). The predicted octanol–water partition coefficient (Wildman–Crippen LogP) is 3.32. The number of carbonyl (C=O) groups is 1. The molecule has 2 aromatic rings. The average Bonchev–Trinajstić information content (AvgIpc) is 2.78. The van der Waals surface area contributed by atoms with E-state index >= 15 is 0 Å². The first-order valence-electron chi connectivity index (χ1n) is 5.49. The van der Waals surface area contributed by atoms with Gasteiger partial charge in [0.25, 0.3) is 0 Å². The first-order valence-corrected chi connectivity index (χ1v) is 5.87. The number of aryl methyl sites for hydroxylation is 1. The maximum Gasteiger partial charge on any atom is 0.358 e. The number of carboxylic acid groups (broad SMARTS) is 1. The molecule has 0 unspecified atom stereocenters. The molecule has 0 atom stereocenters. The Labute approximate surface area is 114 Å². The van der Waals surface area contributed by atoms with Crippen LogP contribution in [0.2, 0.25) is 5.02 Å². The van der Waals surface area contributed by atoms with Crippen LogP contribution in [-0.4, -0.2) is 23.3 Å². The van der Waals surface area contributed by atoms with E-state index in [1.54, 1.807) is 13.2 Å². The van der Waals surface area contributed by atoms with Crippen molar-refractivity contribution in [3.63, 3.8) is 0 Å². The molecule has 0 aliphatic rings. The normalized spacial score (nSPS) is 10.5. The Morgan fingerprint density at radius 2 is 2.11 bits per heavy atom. The Hall–Kier alpha value is -2.01. The first kappa shape index (κ1) is 13.4. The Balaban J connectivity index is 2.64. The van der Waals surface area contributed by atoms with E-state index in [1.807, 2.05) is 13.8 Å². The number of ether oxygens (including phenoxy) is 1. The van der Waals surface area contributed by atoms with Crippen molar-refractivity contribution >= 4 is 17.6 Å². The third-order valence-electron chi connectivity index (χ3n) is 2.84. The Morgan fingerprint density at radius 3 is 2.63 bits per heavy atom. The highest BCUT2D eigenvalue weighted by molar-refractivity contribution is 6.33. The topological polar surface area (TPSA) is 72.6 Å². The average molecular weight is 282 g/mol. The molecule has 0 aliphatic heterocycles. The van der Waals surface area contributed by atoms with Gasteiger partial charge in [0.2, 0.25) is 0 Å². The molecule has 1 aromatic heterocycles. The van der Waals surface area contributed by atoms with Gasteiger partial charge in [-0.2, -0.15) is 0 Å². The van der Waals surface area contributed by atoms with Crippen LogP contribution in [0.4, 0.5) is 0 Å². The van der Waals surface area contributed by atoms with Crippen LogP contribution in [0.3, 0.4) is 0 Å². The lowest BCUT2D eigenvalue weighted by atomic mass is 10.0. The number of aromatic carboxylic acids is 1. The van der Waals surface area contributed by atoms with Gasteiger partial charge in [0, 0.05) is 17.2 Å². The van der Waals surface area contributed by atoms with Crippen molar-refractivity contribution in [2.75, 3.05) is 7.11 Å². The van der Waals surface area contributed by atoms with Crippen molar-refractivity contribution in [1.29, 1.82) is 0 Å². The van der Waals surface area contributed by atoms with E-state index in [0.717, 1.165) is 11.1 Å². The molecule has 1 N–H and O–H groups in total. The highest BCUT2D eigenvalue weighted by atomic mass is 35.5. The smallest absolute Gasteiger partial charge is 0.358 e. The molecule has 0 amide bonds. The van der Waals surface area contributed by atoms with Gasteiger partial charge >= 0.3 is 5.97 Å². The largest absolute Gasteiger partial charge is 0.496 e. The van der Waals surface area contributed by atoms with E-state index in [9.17, 15) is 4.79 Å². The van der Waals surface area contributed by atoms with Crippen LogP contribution in [0.1, 0.15) is 21.6 Å². The lowest BCUT2D eigenvalue weighted by molar-refractivity contribution is 0.0686. The van der Waals surface area contributed by atoms with Crippen molar-refractivity contribution in [3.8, 4) is 17.1 Å². The zero-order valence-electron chi connectivity index (χ0n) is 10.7. The van der Waals surface area contributed by atoms with Gasteiger partial charge in [-0.1, -0.05) is 16.8 Å². The second-order valence-electron chi connectivity index (χ2n) is 4.09. The minimum Gasteiger partial charge on any atom is -0.496 e. The summed E-state index contributed by atoms with van der Waals surface area (Å²) < 4.78 is 10.4. The van der Waals surface area contributed by atoms with E-state index < -0.39 is 5.97 Å². The lowest BCUT2D eigenvalue weighted by Crippen LogP contribution is -1.95. The molecule has 0 spiro atoms. The van der Waals surface area contributed by atoms with Crippen LogP contribution < -0.4 is 4.74 Å². The summed E-state index contributed by atoms with van der Waals surface area (Å²) in [6, 6.07) is 3.08. The molecular formula is C13H12ClNO4. The summed E-state index contributed by atoms with van der Waals surface area (Å²) in [6.07, 6.45) is 0. The van der Waals surface area contributed by atoms with Crippen molar-refractivity contribution in [1.82, 2.24) is 5.16 Å². The Morgan fingerprint density at radius 1 is 1.42 bits per heavy atom. The molecular weight excluding hydrogens is 270 g/mol. The molecule has 0 bridgehead atoms. The summed E-state index contributed by atoms with van der Waals surface area (Å²) in [4.78, 5) is 10.8. The van der Waals surface area contributed by atoms with Crippen LogP contribution in [0, 0.1) is 13.8 Å². The molecule has 6 heteroatoms. The summed E-state index contributed by atoms with van der Waals surface area (Å²) in [5, 5.41) is 12.8. The first-order chi connectivity index (χ1) is 8.95. The number of benzene rings is 1. The second-order valence-corrected chi connectivity index (χ2v) is 4.50. The molecule has 0 radical (unpaired) electrons. The quantitative estimate of drug-likeness (QED) is 0.934. The van der Waals surface area contributed by atoms with E-state index in [0.29, 0.717) is 22.1 Å². The molecule has 0 aliphatic carbocycles. The minimum atomic E-state index is -1.15. The van der Waals surface area contributed by atoms with Crippen molar-refractivity contribution in [2.24, 2.45) is 0 Å². The maximum absolute atomic E-state index is 10.8. The van der Waals surface area contributed by atoms with Gasteiger partial charge in [0.05, 0.1) is 12.1 Å². The number of halogens is 1. The molecule has 5 nitrogen and oxygen atoms in total. The molecule has 2 rings (SSSR count). The van der Waals surface area contributed by atoms with Gasteiger partial charge in [0.1, 0.15) is 5.75 Å². The summed E-state index contributed by atoms with van der Waals surface area (Å²) in [5.74, 6) is -0.159. The van der Waals surface area contributed by atoms with E-state index in [-0.39, 0.29) is 5.69 Å². The SMILES string of the molecule is COc1c(C)cc(Cl)c(-c2cc(C(=O)O)no2)c1C. The second kappa shape index (κ2) is 4.93. The van der Waals surface area contributed by atoms with Crippen LogP contribution in [-0.2, 0) is 0 Å². The molecule has 1 heterocycles. The van der Waals surface area contributed by atoms with Gasteiger partial charge < -0.3 is 14.4 Å². The van der Waals surface area contributed by atoms with Gasteiger partial charge in [-0.15, -0.1) is 0 Å². The Kier molecular flexibility index (Phi) is 3.48. The number of hydrogen-bond acceptors (Lipinski definition) is 4. The maximum atomic E-state index is 10.8. The summed E-state index contributed by atoms with van der Waals surface area (Å²) >= 11 is 6.20. The van der Waals surface area contributed by atoms with Crippen molar-refractivity contribution in [2.45, 2.75) is 13.8 Å². The van der Waals surface area contributed by atoms with Gasteiger partial charge in [-0.25, -0.2) is 4.79 Å². The van der Waals surface area contributed by atoms with E-state index in [1.165, 1.54) is 6.07 Å². The van der Waals surface area contributed by atoms with E-state index in [4.69, 9.17) is 26.0 Å². The third-order valence-corrected chi connectivity index (χ3v) is 3.13. The highest BCUT2D eigenvalue weighted by Crippen LogP contribution is 2.38. The number of carboxylic acids is 1. The molecule has 19 heavy (non-hydrogen) atoms. The predicted molar refractivity (Wildman–Crippen MR) is 69.9 cm³/mol. The Bertz CT molecular complexity index is 648. The molecule has 100 valence electrons. The fourth-order valence-electron chi connectivity index (χ4n) is 2.03. The molecule has 0 saturated heterocycles. The van der Waals surface area contributed by atoms with Crippen LogP contribution in [0.5, 0.6) is 5.75 Å². The van der Waals surface area contributed by atoms with Crippen molar-refractivity contribution in [3.05, 3.63) is 34.0 Å². The zero-order chi connectivity index (χ0) is 14.2. The fourth-order valence-corrected chi connectivity index (χ4v) is 2.43. The van der Waals surface area contributed by atoms with Crippen LogP contribution in [0.25, 0.3) is 11.3 Å². The highest BCUT2D eigenvalue weighted by Gasteiger charge is 2.19. The van der Waals surface area contributed by atoms with Crippen LogP contribution >= 0.6 is 11.6 Å². The zero-order valence-corrected chi connectivity index (χ0v) is 11.4. The minimum absolute atomic E-state index is 0.162. The number of methoxy groups -OCH3 is 1. The number of aromatic nitrogens is 1. The molecule has 0 saturated carbocycles. The van der Waals surface area contributed by atoms with Gasteiger partial charge in [-0.05, 0) is 25.5 Å². The molecule has 1 aromatic carbocycles. The summed E-state index contributed by atoms with van der Waals surface area (Å²) in [7, 11) is 1.57. The summed E-state index contributed by atoms with van der Waals surface area (Å²) in [5.41, 5.74) is 2.10. The van der Waals surface area contributed by atoms with Gasteiger partial charge in [0.15, 0.2) is 11.5 Å².